The number of aryl methyl sites for hydroxylation is 1. The van der Waals surface area contributed by atoms with Gasteiger partial charge in [0, 0.05) is 0 Å². The normalized spacial score (nSPS) is 22.5. The van der Waals surface area contributed by atoms with E-state index in [1.807, 2.05) is 49.4 Å². The van der Waals surface area contributed by atoms with Gasteiger partial charge in [0.05, 0.1) is 6.04 Å². The molecule has 2 unspecified atom stereocenters. The molecule has 1 aliphatic rings. The Morgan fingerprint density at radius 3 is 2.63 bits per heavy atom. The first kappa shape index (κ1) is 12.0. The molecular formula is C15H16N2O2. The van der Waals surface area contributed by atoms with Crippen LogP contribution in [0.1, 0.15) is 23.2 Å². The van der Waals surface area contributed by atoms with E-state index in [2.05, 4.69) is 10.6 Å². The Morgan fingerprint density at radius 1 is 1.16 bits per heavy atom. The first-order valence-electron chi connectivity index (χ1n) is 6.39. The van der Waals surface area contributed by atoms with E-state index in [1.54, 1.807) is 0 Å². The van der Waals surface area contributed by atoms with Gasteiger partial charge in [-0.1, -0.05) is 30.3 Å². The van der Waals surface area contributed by atoms with Gasteiger partial charge in [-0.15, -0.1) is 0 Å². The van der Waals surface area contributed by atoms with Gasteiger partial charge in [-0.2, -0.15) is 0 Å². The average molecular weight is 256 g/mol. The number of carbonyl (C=O) groups excluding carboxylic acids is 1. The van der Waals surface area contributed by atoms with Gasteiger partial charge in [0.25, 0.3) is 0 Å². The van der Waals surface area contributed by atoms with Gasteiger partial charge in [-0.25, -0.2) is 0 Å². The standard InChI is InChI=1S/C15H16N2O2/c1-10-7-8-13(19-10)14-16-12(15(18)17-14)9-11-5-3-2-4-6-11/h2-8,12,14,16H,9H2,1H3,(H,17,18). The van der Waals surface area contributed by atoms with Crippen LogP contribution in [-0.2, 0) is 11.2 Å². The minimum Gasteiger partial charge on any atom is -0.463 e. The van der Waals surface area contributed by atoms with Crippen molar-refractivity contribution >= 4 is 5.91 Å². The summed E-state index contributed by atoms with van der Waals surface area (Å²) < 4.78 is 5.54. The van der Waals surface area contributed by atoms with Gasteiger partial charge in [-0.3, -0.25) is 10.1 Å². The van der Waals surface area contributed by atoms with Crippen LogP contribution in [0.15, 0.2) is 46.9 Å². The zero-order valence-corrected chi connectivity index (χ0v) is 10.7. The molecule has 3 rings (SSSR count). The molecule has 2 N–H and O–H groups in total. The molecule has 2 aromatic rings. The van der Waals surface area contributed by atoms with Crippen LogP contribution in [0.25, 0.3) is 0 Å². The van der Waals surface area contributed by atoms with E-state index < -0.39 is 0 Å². The van der Waals surface area contributed by atoms with Crippen molar-refractivity contribution in [3.63, 3.8) is 0 Å². The lowest BCUT2D eigenvalue weighted by atomic mass is 10.1. The third-order valence-electron chi connectivity index (χ3n) is 3.30. The Labute approximate surface area is 111 Å². The number of hydrogen-bond donors (Lipinski definition) is 2. The molecule has 0 spiro atoms. The molecule has 0 bridgehead atoms. The lowest BCUT2D eigenvalue weighted by molar-refractivity contribution is -0.120. The summed E-state index contributed by atoms with van der Waals surface area (Å²) in [5, 5.41) is 6.17. The number of amides is 1. The van der Waals surface area contributed by atoms with Gasteiger partial charge >= 0.3 is 0 Å². The zero-order chi connectivity index (χ0) is 13.2. The predicted molar refractivity (Wildman–Crippen MR) is 71.4 cm³/mol. The van der Waals surface area contributed by atoms with Crippen molar-refractivity contribution in [2.45, 2.75) is 25.6 Å². The summed E-state index contributed by atoms with van der Waals surface area (Å²) in [5.74, 6) is 1.61. The summed E-state index contributed by atoms with van der Waals surface area (Å²) in [5.41, 5.74) is 1.14. The number of benzene rings is 1. The van der Waals surface area contributed by atoms with Crippen molar-refractivity contribution in [3.8, 4) is 0 Å². The van der Waals surface area contributed by atoms with Gasteiger partial charge in [0.1, 0.15) is 17.7 Å². The van der Waals surface area contributed by atoms with E-state index in [9.17, 15) is 4.79 Å². The number of furan rings is 1. The first-order valence-corrected chi connectivity index (χ1v) is 6.39. The summed E-state index contributed by atoms with van der Waals surface area (Å²) in [6.45, 7) is 1.89. The highest BCUT2D eigenvalue weighted by atomic mass is 16.3. The molecule has 19 heavy (non-hydrogen) atoms. The second-order valence-electron chi connectivity index (χ2n) is 4.80. The van der Waals surface area contributed by atoms with Crippen molar-refractivity contribution in [2.75, 3.05) is 0 Å². The Kier molecular flexibility index (Phi) is 3.09. The molecule has 0 aliphatic carbocycles. The van der Waals surface area contributed by atoms with Crippen LogP contribution in [-0.4, -0.2) is 11.9 Å². The van der Waals surface area contributed by atoms with E-state index >= 15 is 0 Å². The minimum absolute atomic E-state index is 0.0166. The molecule has 98 valence electrons. The summed E-state index contributed by atoms with van der Waals surface area (Å²) in [7, 11) is 0. The van der Waals surface area contributed by atoms with Crippen LogP contribution in [0, 0.1) is 6.92 Å². The Morgan fingerprint density at radius 2 is 1.95 bits per heavy atom. The highest BCUT2D eigenvalue weighted by molar-refractivity contribution is 5.84. The van der Waals surface area contributed by atoms with Crippen LogP contribution in [0.4, 0.5) is 0 Å². The topological polar surface area (TPSA) is 54.3 Å². The second kappa shape index (κ2) is 4.90. The fourth-order valence-electron chi connectivity index (χ4n) is 2.32. The first-order chi connectivity index (χ1) is 9.22. The fraction of sp³-hybridized carbons (Fsp3) is 0.267. The summed E-state index contributed by atoms with van der Waals surface area (Å²) >= 11 is 0. The number of hydrogen-bond acceptors (Lipinski definition) is 3. The largest absolute Gasteiger partial charge is 0.463 e. The van der Waals surface area contributed by atoms with Gasteiger partial charge < -0.3 is 9.73 Å². The highest BCUT2D eigenvalue weighted by Crippen LogP contribution is 2.19. The fourth-order valence-corrected chi connectivity index (χ4v) is 2.32. The number of rotatable bonds is 3. The predicted octanol–water partition coefficient (Wildman–Crippen LogP) is 1.92. The molecule has 2 heterocycles. The molecule has 0 radical (unpaired) electrons. The molecular weight excluding hydrogens is 240 g/mol. The maximum absolute atomic E-state index is 12.0. The highest BCUT2D eigenvalue weighted by Gasteiger charge is 2.33. The third-order valence-corrected chi connectivity index (χ3v) is 3.30. The molecule has 1 aromatic heterocycles. The van der Waals surface area contributed by atoms with Gasteiger partial charge in [0.15, 0.2) is 0 Å². The number of carbonyl (C=O) groups is 1. The maximum Gasteiger partial charge on any atom is 0.239 e. The van der Waals surface area contributed by atoms with Crippen LogP contribution in [0.5, 0.6) is 0 Å². The summed E-state index contributed by atoms with van der Waals surface area (Å²) in [4.78, 5) is 12.0. The molecule has 4 heteroatoms. The summed E-state index contributed by atoms with van der Waals surface area (Å²) in [6, 6.07) is 13.6. The smallest absolute Gasteiger partial charge is 0.239 e. The van der Waals surface area contributed by atoms with Crippen LogP contribution in [0.2, 0.25) is 0 Å². The molecule has 1 fully saturated rings. The van der Waals surface area contributed by atoms with E-state index in [0.29, 0.717) is 6.42 Å². The van der Waals surface area contributed by atoms with E-state index in [1.165, 1.54) is 0 Å². The molecule has 1 amide bonds. The quantitative estimate of drug-likeness (QED) is 0.882. The minimum atomic E-state index is -0.227. The molecule has 1 aliphatic heterocycles. The van der Waals surface area contributed by atoms with Crippen LogP contribution in [0.3, 0.4) is 0 Å². The average Bonchev–Trinajstić information content (AvgIpc) is 2.98. The van der Waals surface area contributed by atoms with Crippen molar-refractivity contribution in [1.29, 1.82) is 0 Å². The lowest BCUT2D eigenvalue weighted by Gasteiger charge is -2.09. The second-order valence-corrected chi connectivity index (χ2v) is 4.80. The SMILES string of the molecule is Cc1ccc(C2NC(=O)C(Cc3ccccc3)N2)o1. The lowest BCUT2D eigenvalue weighted by Crippen LogP contribution is -2.30. The maximum atomic E-state index is 12.0. The van der Waals surface area contributed by atoms with Crippen molar-refractivity contribution in [1.82, 2.24) is 10.6 Å². The van der Waals surface area contributed by atoms with E-state index in [-0.39, 0.29) is 18.1 Å². The van der Waals surface area contributed by atoms with Crippen LogP contribution < -0.4 is 10.6 Å². The Balaban J connectivity index is 1.70. The molecule has 0 saturated carbocycles. The Hall–Kier alpha value is -2.07. The molecule has 1 saturated heterocycles. The molecule has 4 nitrogen and oxygen atoms in total. The molecule has 1 aromatic carbocycles. The summed E-state index contributed by atoms with van der Waals surface area (Å²) in [6.07, 6.45) is 0.456. The van der Waals surface area contributed by atoms with Crippen LogP contribution >= 0.6 is 0 Å². The van der Waals surface area contributed by atoms with Gasteiger partial charge in [0.2, 0.25) is 5.91 Å². The zero-order valence-electron chi connectivity index (χ0n) is 10.7. The number of nitrogens with one attached hydrogen (secondary N) is 2. The monoisotopic (exact) mass is 256 g/mol. The van der Waals surface area contributed by atoms with Gasteiger partial charge in [-0.05, 0) is 31.0 Å². The van der Waals surface area contributed by atoms with Crippen molar-refractivity contribution < 1.29 is 9.21 Å². The van der Waals surface area contributed by atoms with Crippen molar-refractivity contribution in [2.24, 2.45) is 0 Å². The Bertz CT molecular complexity index is 577. The molecule has 2 atom stereocenters. The van der Waals surface area contributed by atoms with E-state index in [0.717, 1.165) is 17.1 Å². The third kappa shape index (κ3) is 2.53. The van der Waals surface area contributed by atoms with E-state index in [4.69, 9.17) is 4.42 Å². The van der Waals surface area contributed by atoms with Crippen molar-refractivity contribution in [3.05, 3.63) is 59.5 Å².